The van der Waals surface area contributed by atoms with Crippen LogP contribution in [0, 0.1) is 5.92 Å². The lowest BCUT2D eigenvalue weighted by Gasteiger charge is -2.39. The van der Waals surface area contributed by atoms with Gasteiger partial charge in [-0.1, -0.05) is 18.1 Å². The summed E-state index contributed by atoms with van der Waals surface area (Å²) in [5, 5.41) is 15.1. The number of rotatable bonds is 5. The Morgan fingerprint density at radius 3 is 2.72 bits per heavy atom. The van der Waals surface area contributed by atoms with E-state index < -0.39 is 33.4 Å². The summed E-state index contributed by atoms with van der Waals surface area (Å²) < 4.78 is 57.3. The summed E-state index contributed by atoms with van der Waals surface area (Å²) >= 11 is 0. The lowest BCUT2D eigenvalue weighted by molar-refractivity contribution is -0.137. The molecule has 1 aliphatic heterocycles. The number of hydrogen-bond donors (Lipinski definition) is 2. The molecular formula is C19H23F3N2O4S. The molecule has 1 saturated heterocycles. The minimum absolute atomic E-state index is 0.0551. The van der Waals surface area contributed by atoms with Crippen LogP contribution in [0.4, 0.5) is 13.2 Å². The molecule has 10 heteroatoms. The predicted molar refractivity (Wildman–Crippen MR) is 99.9 cm³/mol. The first-order chi connectivity index (χ1) is 13.7. The third-order valence-electron chi connectivity index (χ3n) is 5.46. The van der Waals surface area contributed by atoms with Crippen LogP contribution >= 0.6 is 0 Å². The van der Waals surface area contributed by atoms with Crippen molar-refractivity contribution in [1.82, 2.24) is 5.32 Å². The normalized spacial score (nSPS) is 26.8. The van der Waals surface area contributed by atoms with Crippen molar-refractivity contribution in [1.29, 1.82) is 0 Å². The van der Waals surface area contributed by atoms with Gasteiger partial charge in [-0.15, -0.1) is 0 Å². The lowest BCUT2D eigenvalue weighted by Crippen LogP contribution is -2.50. The van der Waals surface area contributed by atoms with Gasteiger partial charge in [0.25, 0.3) is 0 Å². The molecule has 3 rings (SSSR count). The summed E-state index contributed by atoms with van der Waals surface area (Å²) in [7, 11) is -1.75. The lowest BCUT2D eigenvalue weighted by atomic mass is 9.91. The Hall–Kier alpha value is -1.94. The van der Waals surface area contributed by atoms with Crippen molar-refractivity contribution in [3.63, 3.8) is 0 Å². The Morgan fingerprint density at radius 2 is 2.14 bits per heavy atom. The second-order valence-corrected chi connectivity index (χ2v) is 9.27. The fraction of sp³-hybridized carbons (Fsp3) is 0.579. The van der Waals surface area contributed by atoms with Crippen LogP contribution < -0.4 is 5.32 Å². The number of nitrogens with one attached hydrogen (secondary N) is 1. The van der Waals surface area contributed by atoms with Gasteiger partial charge in [-0.2, -0.15) is 13.2 Å². The second kappa shape index (κ2) is 8.43. The number of benzene rings is 1. The largest absolute Gasteiger partial charge is 0.416 e. The van der Waals surface area contributed by atoms with Crippen LogP contribution in [-0.2, 0) is 26.5 Å². The number of hydrogen-bond acceptors (Lipinski definition) is 5. The van der Waals surface area contributed by atoms with Crippen molar-refractivity contribution in [2.75, 3.05) is 6.61 Å². The molecule has 6 nitrogen and oxygen atoms in total. The monoisotopic (exact) mass is 432 g/mol. The van der Waals surface area contributed by atoms with Gasteiger partial charge in [-0.3, -0.25) is 9.00 Å². The average molecular weight is 432 g/mol. The molecule has 29 heavy (non-hydrogen) atoms. The minimum Gasteiger partial charge on any atom is -0.409 e. The van der Waals surface area contributed by atoms with Gasteiger partial charge in [0.2, 0.25) is 5.91 Å². The number of alkyl halides is 3. The van der Waals surface area contributed by atoms with Gasteiger partial charge in [0.1, 0.15) is 6.10 Å². The molecule has 0 spiro atoms. The maximum Gasteiger partial charge on any atom is 0.416 e. The molecule has 1 saturated carbocycles. The Morgan fingerprint density at radius 1 is 1.41 bits per heavy atom. The fourth-order valence-corrected chi connectivity index (χ4v) is 5.23. The van der Waals surface area contributed by atoms with Crippen molar-refractivity contribution in [3.05, 3.63) is 29.8 Å². The standard InChI is InChI=1S/C19H23F3N2O4S/c1-2-18(29(27)14-5-3-4-13(10-14)19(20,21)22)8-9-28-15(11-18)16(24-26)23-17(25)12-6-7-12/h3-5,10,12,15,26H,2,6-9,11H2,1H3,(H,23,24,25). The Labute approximate surface area is 169 Å². The number of ether oxygens (including phenoxy) is 1. The van der Waals surface area contributed by atoms with Crippen LogP contribution in [0.2, 0.25) is 0 Å². The summed E-state index contributed by atoms with van der Waals surface area (Å²) in [6.07, 6.45) is -2.84. The zero-order chi connectivity index (χ0) is 21.2. The number of halogens is 3. The van der Waals surface area contributed by atoms with Gasteiger partial charge in [0.15, 0.2) is 5.84 Å². The summed E-state index contributed by atoms with van der Waals surface area (Å²) in [4.78, 5) is 12.1. The van der Waals surface area contributed by atoms with Gasteiger partial charge < -0.3 is 15.3 Å². The van der Waals surface area contributed by atoms with Crippen molar-refractivity contribution in [2.45, 2.75) is 61.0 Å². The van der Waals surface area contributed by atoms with Crippen LogP contribution in [0.3, 0.4) is 0 Å². The number of carbonyl (C=O) groups is 1. The van der Waals surface area contributed by atoms with E-state index in [1.807, 2.05) is 6.92 Å². The molecule has 0 aromatic heterocycles. The fourth-order valence-electron chi connectivity index (χ4n) is 3.46. The number of amides is 1. The van der Waals surface area contributed by atoms with Gasteiger partial charge in [0, 0.05) is 17.4 Å². The molecule has 3 atom stereocenters. The third-order valence-corrected chi connectivity index (χ3v) is 7.59. The van der Waals surface area contributed by atoms with Crippen molar-refractivity contribution >= 4 is 22.5 Å². The molecule has 3 unspecified atom stereocenters. The van der Waals surface area contributed by atoms with Crippen LogP contribution in [0.5, 0.6) is 0 Å². The summed E-state index contributed by atoms with van der Waals surface area (Å²) in [6.45, 7) is 1.99. The first-order valence-electron chi connectivity index (χ1n) is 9.44. The minimum atomic E-state index is -4.53. The van der Waals surface area contributed by atoms with E-state index in [4.69, 9.17) is 4.74 Å². The third kappa shape index (κ3) is 4.80. The van der Waals surface area contributed by atoms with E-state index in [1.54, 1.807) is 0 Å². The van der Waals surface area contributed by atoms with Gasteiger partial charge in [-0.25, -0.2) is 0 Å². The van der Waals surface area contributed by atoms with Gasteiger partial charge in [-0.05, 0) is 50.3 Å². The topological polar surface area (TPSA) is 88.0 Å². The zero-order valence-electron chi connectivity index (χ0n) is 15.9. The molecule has 2 aliphatic rings. The molecule has 1 aromatic rings. The quantitative estimate of drug-likeness (QED) is 0.323. The van der Waals surface area contributed by atoms with Crippen LogP contribution in [0.1, 0.15) is 44.6 Å². The van der Waals surface area contributed by atoms with Crippen LogP contribution in [0.15, 0.2) is 34.3 Å². The maximum absolute atomic E-state index is 13.3. The van der Waals surface area contributed by atoms with E-state index in [1.165, 1.54) is 12.1 Å². The molecule has 0 radical (unpaired) electrons. The van der Waals surface area contributed by atoms with Crippen LogP contribution in [-0.4, -0.2) is 38.6 Å². The smallest absolute Gasteiger partial charge is 0.409 e. The predicted octanol–water partition coefficient (Wildman–Crippen LogP) is 3.45. The van der Waals surface area contributed by atoms with E-state index in [2.05, 4.69) is 10.5 Å². The van der Waals surface area contributed by atoms with Gasteiger partial charge >= 0.3 is 6.18 Å². The molecule has 160 valence electrons. The number of oxime groups is 1. The van der Waals surface area contributed by atoms with Crippen molar-refractivity contribution in [2.24, 2.45) is 11.1 Å². The number of amidine groups is 1. The van der Waals surface area contributed by atoms with Gasteiger partial charge in [0.05, 0.1) is 21.1 Å². The SMILES string of the molecule is CCC1(S(=O)c2cccc(C(F)(F)F)c2)CCOC(/C(=N/O)NC(=O)C2CC2)C1. The summed E-state index contributed by atoms with van der Waals surface area (Å²) in [5.41, 5.74) is -0.854. The molecule has 1 amide bonds. The van der Waals surface area contributed by atoms with Crippen molar-refractivity contribution < 1.29 is 32.1 Å². The summed E-state index contributed by atoms with van der Waals surface area (Å²) in [6, 6.07) is 4.51. The summed E-state index contributed by atoms with van der Waals surface area (Å²) in [5.74, 6) is -0.418. The maximum atomic E-state index is 13.3. The molecule has 1 aliphatic carbocycles. The second-order valence-electron chi connectivity index (χ2n) is 7.39. The highest BCUT2D eigenvalue weighted by Gasteiger charge is 2.44. The van der Waals surface area contributed by atoms with E-state index in [-0.39, 0.29) is 35.6 Å². The average Bonchev–Trinajstić information content (AvgIpc) is 3.56. The van der Waals surface area contributed by atoms with E-state index in [0.717, 1.165) is 25.0 Å². The Bertz CT molecular complexity index is 826. The first-order valence-corrected chi connectivity index (χ1v) is 10.6. The zero-order valence-corrected chi connectivity index (χ0v) is 16.7. The molecule has 1 aromatic carbocycles. The molecule has 2 fully saturated rings. The van der Waals surface area contributed by atoms with Crippen molar-refractivity contribution in [3.8, 4) is 0 Å². The highest BCUT2D eigenvalue weighted by molar-refractivity contribution is 7.86. The molecule has 1 heterocycles. The van der Waals surface area contributed by atoms with Crippen LogP contribution in [0.25, 0.3) is 0 Å². The molecule has 2 N–H and O–H groups in total. The Kier molecular flexibility index (Phi) is 6.33. The highest BCUT2D eigenvalue weighted by Crippen LogP contribution is 2.39. The molecular weight excluding hydrogens is 409 g/mol. The number of carbonyl (C=O) groups excluding carboxylic acids is 1. The van der Waals surface area contributed by atoms with E-state index >= 15 is 0 Å². The number of nitrogens with zero attached hydrogens (tertiary/aromatic N) is 1. The Balaban J connectivity index is 1.82. The van der Waals surface area contributed by atoms with E-state index in [0.29, 0.717) is 12.8 Å². The first kappa shape index (κ1) is 21.8. The molecule has 0 bridgehead atoms. The van der Waals surface area contributed by atoms with E-state index in [9.17, 15) is 27.4 Å². The highest BCUT2D eigenvalue weighted by atomic mass is 32.2.